The predicted molar refractivity (Wildman–Crippen MR) is 96.8 cm³/mol. The number of hydrogen-bond donors (Lipinski definition) is 0. The summed E-state index contributed by atoms with van der Waals surface area (Å²) in [6.45, 7) is 9.20. The highest BCUT2D eigenvalue weighted by Gasteiger charge is 2.24. The Hall–Kier alpha value is -2.20. The summed E-state index contributed by atoms with van der Waals surface area (Å²) in [5.41, 5.74) is 1.18. The third kappa shape index (κ3) is 3.49. The first kappa shape index (κ1) is 16.7. The van der Waals surface area contributed by atoms with E-state index in [1.54, 1.807) is 0 Å². The molecular formula is C20H25N3O. The van der Waals surface area contributed by atoms with Crippen LogP contribution in [0.4, 0.5) is 0 Å². The Morgan fingerprint density at radius 1 is 1.08 bits per heavy atom. The Morgan fingerprint density at radius 3 is 2.46 bits per heavy atom. The van der Waals surface area contributed by atoms with Gasteiger partial charge < -0.3 is 4.52 Å². The maximum Gasteiger partial charge on any atom is 0.243 e. The molecule has 1 heterocycles. The lowest BCUT2D eigenvalue weighted by Crippen LogP contribution is -2.22. The van der Waals surface area contributed by atoms with Gasteiger partial charge in [-0.05, 0) is 36.4 Å². The fourth-order valence-corrected chi connectivity index (χ4v) is 2.66. The van der Waals surface area contributed by atoms with Crippen LogP contribution in [0.2, 0.25) is 0 Å². The van der Waals surface area contributed by atoms with Crippen molar-refractivity contribution in [1.82, 2.24) is 15.0 Å². The van der Waals surface area contributed by atoms with Gasteiger partial charge in [0.1, 0.15) is 0 Å². The fourth-order valence-electron chi connectivity index (χ4n) is 2.66. The average molecular weight is 323 g/mol. The van der Waals surface area contributed by atoms with E-state index < -0.39 is 0 Å². The van der Waals surface area contributed by atoms with Crippen molar-refractivity contribution in [2.24, 2.45) is 0 Å². The molecule has 0 aliphatic heterocycles. The molecule has 2 aromatic carbocycles. The van der Waals surface area contributed by atoms with Gasteiger partial charge >= 0.3 is 0 Å². The molecule has 0 aliphatic rings. The van der Waals surface area contributed by atoms with Gasteiger partial charge in [0.05, 0.1) is 6.04 Å². The van der Waals surface area contributed by atoms with Gasteiger partial charge in [0, 0.05) is 12.0 Å². The summed E-state index contributed by atoms with van der Waals surface area (Å²) in [5.74, 6) is 1.42. The van der Waals surface area contributed by atoms with E-state index in [9.17, 15) is 0 Å². The van der Waals surface area contributed by atoms with E-state index in [0.29, 0.717) is 5.89 Å². The van der Waals surface area contributed by atoms with Crippen LogP contribution >= 0.6 is 0 Å². The minimum atomic E-state index is -0.0988. The number of hydrogen-bond acceptors (Lipinski definition) is 4. The van der Waals surface area contributed by atoms with Gasteiger partial charge in [0.15, 0.2) is 5.82 Å². The second kappa shape index (κ2) is 6.36. The van der Waals surface area contributed by atoms with Gasteiger partial charge in [-0.1, -0.05) is 62.3 Å². The third-order valence-corrected chi connectivity index (χ3v) is 4.38. The Balaban J connectivity index is 1.75. The maximum atomic E-state index is 5.48. The van der Waals surface area contributed by atoms with Crippen LogP contribution < -0.4 is 0 Å². The molecule has 4 heteroatoms. The van der Waals surface area contributed by atoms with E-state index in [1.165, 1.54) is 16.3 Å². The van der Waals surface area contributed by atoms with Crippen molar-refractivity contribution in [1.29, 1.82) is 0 Å². The molecule has 0 saturated carbocycles. The third-order valence-electron chi connectivity index (χ3n) is 4.38. The molecule has 0 radical (unpaired) electrons. The Bertz CT molecular complexity index is 832. The number of nitrogens with zero attached hydrogens (tertiary/aromatic N) is 3. The van der Waals surface area contributed by atoms with Crippen molar-refractivity contribution in [3.63, 3.8) is 0 Å². The van der Waals surface area contributed by atoms with E-state index in [2.05, 4.69) is 92.2 Å². The average Bonchev–Trinajstić information content (AvgIpc) is 3.04. The molecule has 0 bridgehead atoms. The maximum absolute atomic E-state index is 5.48. The van der Waals surface area contributed by atoms with E-state index in [4.69, 9.17) is 4.52 Å². The smallest absolute Gasteiger partial charge is 0.243 e. The second-order valence-electron chi connectivity index (χ2n) is 7.48. The van der Waals surface area contributed by atoms with Crippen LogP contribution in [0.15, 0.2) is 47.0 Å². The summed E-state index contributed by atoms with van der Waals surface area (Å²) in [6, 6.07) is 15.1. The van der Waals surface area contributed by atoms with Gasteiger partial charge in [-0.3, -0.25) is 4.90 Å². The SMILES string of the molecule is C[C@H](c1nc(C(C)(C)C)no1)N(C)Cc1ccc2ccccc2c1. The van der Waals surface area contributed by atoms with Crippen molar-refractivity contribution in [3.8, 4) is 0 Å². The lowest BCUT2D eigenvalue weighted by Gasteiger charge is -2.22. The van der Waals surface area contributed by atoms with E-state index in [-0.39, 0.29) is 11.5 Å². The van der Waals surface area contributed by atoms with Crippen LogP contribution in [-0.4, -0.2) is 22.1 Å². The molecular weight excluding hydrogens is 298 g/mol. The van der Waals surface area contributed by atoms with Gasteiger partial charge in [-0.2, -0.15) is 4.98 Å². The Labute approximate surface area is 143 Å². The lowest BCUT2D eigenvalue weighted by atomic mass is 9.96. The first-order valence-corrected chi connectivity index (χ1v) is 8.36. The minimum absolute atomic E-state index is 0.0695. The quantitative estimate of drug-likeness (QED) is 0.697. The Morgan fingerprint density at radius 2 is 1.79 bits per heavy atom. The molecule has 1 atom stereocenters. The standard InChI is InChI=1S/C20H25N3O/c1-14(18-21-19(22-24-18)20(2,3)4)23(5)13-15-10-11-16-8-6-7-9-17(16)12-15/h6-12,14H,13H2,1-5H3/t14-/m1/s1. The molecule has 0 saturated heterocycles. The molecule has 0 spiro atoms. The molecule has 1 aromatic heterocycles. The van der Waals surface area contributed by atoms with Crippen LogP contribution in [0.5, 0.6) is 0 Å². The summed E-state index contributed by atoms with van der Waals surface area (Å²) in [5, 5.41) is 6.66. The Kier molecular flexibility index (Phi) is 4.41. The molecule has 126 valence electrons. The largest absolute Gasteiger partial charge is 0.338 e. The molecule has 0 unspecified atom stereocenters. The van der Waals surface area contributed by atoms with E-state index in [0.717, 1.165) is 12.4 Å². The topological polar surface area (TPSA) is 42.2 Å². The molecule has 0 N–H and O–H groups in total. The van der Waals surface area contributed by atoms with Crippen molar-refractivity contribution in [2.75, 3.05) is 7.05 Å². The highest BCUT2D eigenvalue weighted by molar-refractivity contribution is 5.82. The number of benzene rings is 2. The van der Waals surface area contributed by atoms with Crippen molar-refractivity contribution < 1.29 is 4.52 Å². The summed E-state index contributed by atoms with van der Waals surface area (Å²) in [4.78, 5) is 6.80. The van der Waals surface area contributed by atoms with E-state index >= 15 is 0 Å². The van der Waals surface area contributed by atoms with Crippen molar-refractivity contribution >= 4 is 10.8 Å². The van der Waals surface area contributed by atoms with Crippen LogP contribution in [0.3, 0.4) is 0 Å². The zero-order chi connectivity index (χ0) is 17.3. The van der Waals surface area contributed by atoms with Gasteiger partial charge in [-0.15, -0.1) is 0 Å². The molecule has 24 heavy (non-hydrogen) atoms. The first-order valence-electron chi connectivity index (χ1n) is 8.36. The fraction of sp³-hybridized carbons (Fsp3) is 0.400. The summed E-state index contributed by atoms with van der Waals surface area (Å²) < 4.78 is 5.48. The summed E-state index contributed by atoms with van der Waals surface area (Å²) in [7, 11) is 2.08. The highest BCUT2D eigenvalue weighted by atomic mass is 16.5. The summed E-state index contributed by atoms with van der Waals surface area (Å²) in [6.07, 6.45) is 0. The van der Waals surface area contributed by atoms with Crippen molar-refractivity contribution in [3.05, 3.63) is 59.7 Å². The predicted octanol–water partition coefficient (Wildman–Crippen LogP) is 4.71. The van der Waals surface area contributed by atoms with Gasteiger partial charge in [-0.25, -0.2) is 0 Å². The van der Waals surface area contributed by atoms with Gasteiger partial charge in [0.25, 0.3) is 0 Å². The second-order valence-corrected chi connectivity index (χ2v) is 7.48. The zero-order valence-electron chi connectivity index (χ0n) is 15.1. The van der Waals surface area contributed by atoms with Crippen LogP contribution in [0, 0.1) is 0 Å². The minimum Gasteiger partial charge on any atom is -0.338 e. The highest BCUT2D eigenvalue weighted by Crippen LogP contribution is 2.24. The first-order chi connectivity index (χ1) is 11.3. The summed E-state index contributed by atoms with van der Waals surface area (Å²) >= 11 is 0. The molecule has 0 aliphatic carbocycles. The van der Waals surface area contributed by atoms with Crippen LogP contribution in [-0.2, 0) is 12.0 Å². The van der Waals surface area contributed by atoms with Crippen LogP contribution in [0.25, 0.3) is 10.8 Å². The van der Waals surface area contributed by atoms with Crippen molar-refractivity contribution in [2.45, 2.75) is 45.7 Å². The van der Waals surface area contributed by atoms with Crippen LogP contribution in [0.1, 0.15) is 51.0 Å². The monoisotopic (exact) mass is 323 g/mol. The number of rotatable bonds is 4. The molecule has 3 rings (SSSR count). The normalized spacial score (nSPS) is 13.6. The molecule has 0 fully saturated rings. The lowest BCUT2D eigenvalue weighted by molar-refractivity contribution is 0.202. The number of aromatic nitrogens is 2. The van der Waals surface area contributed by atoms with Gasteiger partial charge in [0.2, 0.25) is 5.89 Å². The van der Waals surface area contributed by atoms with E-state index in [1.807, 2.05) is 0 Å². The number of fused-ring (bicyclic) bond motifs is 1. The molecule has 0 amide bonds. The molecule has 4 nitrogen and oxygen atoms in total. The molecule has 3 aromatic rings. The zero-order valence-corrected chi connectivity index (χ0v) is 15.1.